The molecule has 5 rings (SSSR count). The van der Waals surface area contributed by atoms with Crippen molar-refractivity contribution in [3.63, 3.8) is 0 Å². The third kappa shape index (κ3) is 5.49. The molecule has 4 heterocycles. The van der Waals surface area contributed by atoms with Gasteiger partial charge < -0.3 is 49.5 Å². The number of hydrogen-bond donors (Lipinski definition) is 7. The molecule has 0 aromatic carbocycles. The van der Waals surface area contributed by atoms with Crippen molar-refractivity contribution in [2.45, 2.75) is 68.0 Å². The van der Waals surface area contributed by atoms with E-state index < -0.39 is 63.0 Å². The van der Waals surface area contributed by atoms with E-state index >= 15 is 0 Å². The summed E-state index contributed by atoms with van der Waals surface area (Å²) >= 11 is 6.16. The predicted molar refractivity (Wildman–Crippen MR) is 132 cm³/mol. The van der Waals surface area contributed by atoms with Crippen LogP contribution in [-0.4, -0.2) is 98.0 Å². The molecule has 0 amide bonds. The Balaban J connectivity index is 1.36. The summed E-state index contributed by atoms with van der Waals surface area (Å²) in [6, 6.07) is 1.23. The van der Waals surface area contributed by atoms with Gasteiger partial charge in [0.25, 0.3) is 5.88 Å². The maximum Gasteiger partial charge on any atom is 0.359 e. The van der Waals surface area contributed by atoms with Crippen molar-refractivity contribution in [1.29, 1.82) is 0 Å². The van der Waals surface area contributed by atoms with Crippen LogP contribution in [0.4, 0.5) is 5.82 Å². The number of anilines is 1. The van der Waals surface area contributed by atoms with Crippen molar-refractivity contribution >= 4 is 36.0 Å². The number of aliphatic hydroxyl groups excluding tert-OH is 3. The topological polar surface area (TPSA) is 239 Å². The van der Waals surface area contributed by atoms with Crippen LogP contribution in [0.15, 0.2) is 16.8 Å². The first kappa shape index (κ1) is 28.1. The number of halogens is 1. The van der Waals surface area contributed by atoms with Gasteiger partial charge in [0, 0.05) is 12.1 Å². The van der Waals surface area contributed by atoms with E-state index in [1.807, 2.05) is 0 Å². The number of rotatable bonds is 10. The van der Waals surface area contributed by atoms with Gasteiger partial charge >= 0.3 is 7.60 Å². The normalized spacial score (nSPS) is 25.9. The minimum Gasteiger partial charge on any atom is -0.491 e. The Bertz CT molecular complexity index is 1360. The van der Waals surface area contributed by atoms with Gasteiger partial charge in [-0.05, 0) is 29.6 Å². The summed E-state index contributed by atoms with van der Waals surface area (Å²) in [5, 5.41) is 49.5. The van der Waals surface area contributed by atoms with Crippen molar-refractivity contribution in [3.8, 4) is 5.88 Å². The van der Waals surface area contributed by atoms with E-state index in [0.29, 0.717) is 11.2 Å². The number of ether oxygens (including phenoxy) is 2. The molecule has 7 N–H and O–H groups in total. The number of aromatic nitrogens is 5. The van der Waals surface area contributed by atoms with Crippen LogP contribution in [0, 0.1) is 0 Å². The largest absolute Gasteiger partial charge is 0.491 e. The van der Waals surface area contributed by atoms with Crippen LogP contribution in [0.25, 0.3) is 11.0 Å². The Morgan fingerprint density at radius 1 is 1.23 bits per heavy atom. The Morgan fingerprint density at radius 2 is 1.97 bits per heavy atom. The lowest BCUT2D eigenvalue weighted by molar-refractivity contribution is -0.110. The Labute approximate surface area is 225 Å². The molecule has 0 unspecified atom stereocenters. The van der Waals surface area contributed by atoms with Crippen molar-refractivity contribution < 1.29 is 48.8 Å². The van der Waals surface area contributed by atoms with Gasteiger partial charge in [0.05, 0.1) is 31.2 Å². The molecule has 1 saturated heterocycles. The highest BCUT2D eigenvalue weighted by Crippen LogP contribution is 2.53. The highest BCUT2D eigenvalue weighted by Gasteiger charge is 2.52. The minimum atomic E-state index is -5.17. The fourth-order valence-electron chi connectivity index (χ4n) is 4.85. The standard InChI is InChI=1S/C21H28ClN6O10P/c22-20-25-17(24-10-3-1-2-4-10)12-7-23-28(18(12)26-20)19-16(32)15(31)13(37-19)8-36-21(9-29,39(33,34)35)6-11-5-14(30)27-38-11/h5,7,10,13,15-16,19,29,31-32H,1-4,6,8-9H2,(H,27,30)(H,24,25,26)(H2,33,34,35)/t13-,15-,16-,19-,21-/m1/s1. The van der Waals surface area contributed by atoms with E-state index in [-0.39, 0.29) is 22.7 Å². The highest BCUT2D eigenvalue weighted by molar-refractivity contribution is 7.53. The fourth-order valence-corrected chi connectivity index (χ4v) is 5.81. The van der Waals surface area contributed by atoms with Crippen LogP contribution in [0.1, 0.15) is 37.7 Å². The van der Waals surface area contributed by atoms with Gasteiger partial charge in [-0.15, -0.1) is 0 Å². The second kappa shape index (κ2) is 10.9. The van der Waals surface area contributed by atoms with E-state index in [1.165, 1.54) is 10.9 Å². The smallest absolute Gasteiger partial charge is 0.359 e. The zero-order valence-corrected chi connectivity index (χ0v) is 22.0. The summed E-state index contributed by atoms with van der Waals surface area (Å²) < 4.78 is 29.6. The average molecular weight is 591 g/mol. The van der Waals surface area contributed by atoms with Crippen molar-refractivity contribution in [3.05, 3.63) is 23.3 Å². The van der Waals surface area contributed by atoms with E-state index in [9.17, 15) is 34.8 Å². The Hall–Kier alpha value is -2.40. The van der Waals surface area contributed by atoms with Crippen LogP contribution in [-0.2, 0) is 20.5 Å². The fraction of sp³-hybridized carbons (Fsp3) is 0.619. The van der Waals surface area contributed by atoms with Gasteiger partial charge in [-0.1, -0.05) is 12.8 Å². The SMILES string of the molecule is O=P(O)(O)[C@@](CO)(Cc1cc(O)no1)OC[C@H]1O[C@@H](n2ncc3c(NC4CCCC4)nc(Cl)nc32)[C@H](O)[C@@H]1O. The van der Waals surface area contributed by atoms with Crippen LogP contribution >= 0.6 is 19.2 Å². The van der Waals surface area contributed by atoms with E-state index in [4.69, 9.17) is 25.6 Å². The molecule has 214 valence electrons. The van der Waals surface area contributed by atoms with Crippen LogP contribution in [0.2, 0.25) is 5.28 Å². The van der Waals surface area contributed by atoms with Crippen molar-refractivity contribution in [2.24, 2.45) is 0 Å². The molecule has 1 aliphatic carbocycles. The van der Waals surface area contributed by atoms with Crippen LogP contribution < -0.4 is 5.32 Å². The molecule has 3 aromatic heterocycles. The minimum absolute atomic E-state index is 0.0644. The highest BCUT2D eigenvalue weighted by atomic mass is 35.5. The quantitative estimate of drug-likeness (QED) is 0.124. The number of nitrogens with one attached hydrogen (secondary N) is 1. The zero-order chi connectivity index (χ0) is 27.9. The number of nitrogens with zero attached hydrogens (tertiary/aromatic N) is 5. The second-order valence-electron chi connectivity index (χ2n) is 9.63. The molecule has 2 fully saturated rings. The molecule has 0 spiro atoms. The molecule has 16 nitrogen and oxygen atoms in total. The molecule has 39 heavy (non-hydrogen) atoms. The van der Waals surface area contributed by atoms with E-state index in [1.54, 1.807) is 0 Å². The van der Waals surface area contributed by atoms with Gasteiger partial charge in [-0.25, -0.2) is 4.68 Å². The lowest BCUT2D eigenvalue weighted by atomic mass is 10.1. The summed E-state index contributed by atoms with van der Waals surface area (Å²) in [5.41, 5.74) is 0.235. The summed E-state index contributed by atoms with van der Waals surface area (Å²) in [4.78, 5) is 28.4. The van der Waals surface area contributed by atoms with Crippen LogP contribution in [0.5, 0.6) is 5.88 Å². The van der Waals surface area contributed by atoms with Crippen LogP contribution in [0.3, 0.4) is 0 Å². The lowest BCUT2D eigenvalue weighted by Gasteiger charge is -2.32. The summed E-state index contributed by atoms with van der Waals surface area (Å²) in [6.45, 7) is -1.80. The number of aromatic hydroxyl groups is 1. The molecule has 0 radical (unpaired) electrons. The van der Waals surface area contributed by atoms with Gasteiger partial charge in [0.1, 0.15) is 29.9 Å². The Kier molecular flexibility index (Phi) is 7.85. The molecule has 5 atom stereocenters. The summed E-state index contributed by atoms with van der Waals surface area (Å²) in [7, 11) is -5.17. The molecule has 2 aliphatic rings. The second-order valence-corrected chi connectivity index (χ2v) is 11.9. The summed E-state index contributed by atoms with van der Waals surface area (Å²) in [6.07, 6.45) is -0.672. The predicted octanol–water partition coefficient (Wildman–Crippen LogP) is 0.273. The first-order chi connectivity index (χ1) is 18.5. The number of fused-ring (bicyclic) bond motifs is 1. The Morgan fingerprint density at radius 3 is 2.62 bits per heavy atom. The third-order valence-corrected chi connectivity index (χ3v) is 8.65. The van der Waals surface area contributed by atoms with Gasteiger partial charge in [-0.2, -0.15) is 15.1 Å². The molecule has 1 saturated carbocycles. The van der Waals surface area contributed by atoms with Gasteiger partial charge in [0.15, 0.2) is 17.2 Å². The number of hydrogen-bond acceptors (Lipinski definition) is 13. The monoisotopic (exact) mass is 590 g/mol. The third-order valence-electron chi connectivity index (χ3n) is 6.99. The van der Waals surface area contributed by atoms with Crippen molar-refractivity contribution in [2.75, 3.05) is 18.5 Å². The van der Waals surface area contributed by atoms with Crippen molar-refractivity contribution in [1.82, 2.24) is 24.9 Å². The molecule has 0 bridgehead atoms. The van der Waals surface area contributed by atoms with Gasteiger partial charge in [0.2, 0.25) is 5.28 Å². The van der Waals surface area contributed by atoms with E-state index in [2.05, 4.69) is 25.5 Å². The lowest BCUT2D eigenvalue weighted by Crippen LogP contribution is -2.43. The molecule has 1 aliphatic heterocycles. The molecular formula is C21H28ClN6O10P. The summed E-state index contributed by atoms with van der Waals surface area (Å²) in [5.74, 6) is -0.221. The number of aliphatic hydroxyl groups is 3. The first-order valence-corrected chi connectivity index (χ1v) is 14.1. The average Bonchev–Trinajstić information content (AvgIpc) is 3.67. The zero-order valence-electron chi connectivity index (χ0n) is 20.4. The molecule has 18 heteroatoms. The maximum atomic E-state index is 12.3. The van der Waals surface area contributed by atoms with E-state index in [0.717, 1.165) is 31.7 Å². The molecule has 3 aromatic rings. The maximum absolute atomic E-state index is 12.3. The van der Waals surface area contributed by atoms with Gasteiger partial charge in [-0.3, -0.25) is 4.57 Å². The first-order valence-electron chi connectivity index (χ1n) is 12.2. The molecular weight excluding hydrogens is 563 g/mol.